The fourth-order valence-electron chi connectivity index (χ4n) is 1.89. The van der Waals surface area contributed by atoms with E-state index >= 15 is 0 Å². The average molecular weight is 462 g/mol. The minimum atomic E-state index is -2.64. The van der Waals surface area contributed by atoms with Crippen LogP contribution in [0.25, 0.3) is 11.3 Å². The molecule has 0 unspecified atom stereocenters. The summed E-state index contributed by atoms with van der Waals surface area (Å²) in [6, 6.07) is 11.0. The molecule has 23 heavy (non-hydrogen) atoms. The van der Waals surface area contributed by atoms with Crippen molar-refractivity contribution in [2.75, 3.05) is 13.9 Å². The van der Waals surface area contributed by atoms with Crippen molar-refractivity contribution in [3.63, 3.8) is 0 Å². The number of halogens is 3. The monoisotopic (exact) mass is 461 g/mol. The summed E-state index contributed by atoms with van der Waals surface area (Å²) < 4.78 is 36.7. The molecule has 1 aromatic heterocycles. The summed E-state index contributed by atoms with van der Waals surface area (Å²) in [4.78, 5) is 12.0. The van der Waals surface area contributed by atoms with Crippen molar-refractivity contribution < 1.29 is 51.0 Å². The summed E-state index contributed by atoms with van der Waals surface area (Å²) in [5, 5.41) is 0. The van der Waals surface area contributed by atoms with Crippen molar-refractivity contribution in [1.29, 1.82) is 0 Å². The van der Waals surface area contributed by atoms with Gasteiger partial charge in [-0.3, -0.25) is 4.79 Å². The van der Waals surface area contributed by atoms with Crippen molar-refractivity contribution in [3.05, 3.63) is 51.2 Å². The van der Waals surface area contributed by atoms with Gasteiger partial charge in [0.1, 0.15) is 5.75 Å². The van der Waals surface area contributed by atoms with Gasteiger partial charge in [-0.15, -0.1) is 28.1 Å². The summed E-state index contributed by atoms with van der Waals surface area (Å²) in [6.45, 7) is -0.578. The minimum Gasteiger partial charge on any atom is -0.468 e. The summed E-state index contributed by atoms with van der Waals surface area (Å²) in [6.07, 6.45) is -2.64. The van der Waals surface area contributed by atoms with Crippen LogP contribution in [0.1, 0.15) is 0 Å². The Hall–Kier alpha value is -0.626. The second-order valence-electron chi connectivity index (χ2n) is 4.37. The molecule has 1 radical (unpaired) electrons. The first-order chi connectivity index (χ1) is 10.5. The van der Waals surface area contributed by atoms with Crippen molar-refractivity contribution in [2.24, 2.45) is 0 Å². The maximum atomic E-state index is 12.7. The molecule has 0 saturated heterocycles. The molecule has 0 spiro atoms. The molecular formula is C15H13BrF2NO3Y-. The zero-order valence-corrected chi connectivity index (χ0v) is 16.7. The van der Waals surface area contributed by atoms with Crippen molar-refractivity contribution in [1.82, 2.24) is 4.57 Å². The third-order valence-corrected chi connectivity index (χ3v) is 3.41. The molecule has 121 valence electrons. The van der Waals surface area contributed by atoms with E-state index in [0.717, 1.165) is 4.57 Å². The van der Waals surface area contributed by atoms with Gasteiger partial charge in [0, 0.05) is 39.8 Å². The van der Waals surface area contributed by atoms with Crippen molar-refractivity contribution >= 4 is 15.9 Å². The summed E-state index contributed by atoms with van der Waals surface area (Å²) in [7, 11) is 1.51. The van der Waals surface area contributed by atoms with Gasteiger partial charge in [-0.25, -0.2) is 8.78 Å². The van der Waals surface area contributed by atoms with Gasteiger partial charge in [0.15, 0.2) is 6.79 Å². The molecule has 1 aromatic carbocycles. The molecular weight excluding hydrogens is 449 g/mol. The fourth-order valence-corrected chi connectivity index (χ4v) is 2.22. The largest absolute Gasteiger partial charge is 0.468 e. The van der Waals surface area contributed by atoms with Crippen LogP contribution in [-0.4, -0.2) is 24.9 Å². The number of pyridine rings is 1. The number of rotatable bonds is 6. The normalized spacial score (nSPS) is 10.5. The number of benzene rings is 1. The number of methoxy groups -OCH3 is 1. The zero-order valence-electron chi connectivity index (χ0n) is 12.3. The smallest absolute Gasteiger partial charge is 0.256 e. The van der Waals surface area contributed by atoms with E-state index in [2.05, 4.69) is 22.0 Å². The van der Waals surface area contributed by atoms with E-state index in [1.54, 1.807) is 24.3 Å². The molecule has 4 nitrogen and oxygen atoms in total. The molecule has 2 rings (SSSR count). The summed E-state index contributed by atoms with van der Waals surface area (Å²) in [5.41, 5.74) is 0.371. The third kappa shape index (κ3) is 5.45. The average Bonchev–Trinajstić information content (AvgIpc) is 2.50. The van der Waals surface area contributed by atoms with Gasteiger partial charge in [0.25, 0.3) is 6.43 Å². The summed E-state index contributed by atoms with van der Waals surface area (Å²) >= 11 is 3.04. The Morgan fingerprint density at radius 2 is 1.96 bits per heavy atom. The second-order valence-corrected chi connectivity index (χ2v) is 5.22. The van der Waals surface area contributed by atoms with E-state index in [0.29, 0.717) is 17.0 Å². The number of hydrogen-bond donors (Lipinski definition) is 0. The molecule has 2 aromatic rings. The maximum absolute atomic E-state index is 12.7. The number of alkyl halides is 2. The minimum absolute atomic E-state index is 0. The standard InChI is InChI=1S/C15H13BrF2NO3.Y/c1-21-9-22-11-4-2-10(3-5-11)13-7-6-12(16)15(20)19(13)8-14(17)18;/h2-6,14H,8-9H2,1H3;/q-1;. The first-order valence-corrected chi connectivity index (χ1v) is 7.13. The number of ether oxygens (including phenoxy) is 2. The van der Waals surface area contributed by atoms with Gasteiger partial charge < -0.3 is 14.0 Å². The van der Waals surface area contributed by atoms with E-state index in [4.69, 9.17) is 9.47 Å². The predicted molar refractivity (Wildman–Crippen MR) is 81.2 cm³/mol. The van der Waals surface area contributed by atoms with Crippen LogP contribution >= 0.6 is 15.9 Å². The Kier molecular flexibility index (Phi) is 8.54. The Bertz CT molecular complexity index is 692. The molecule has 1 heterocycles. The molecule has 0 amide bonds. The van der Waals surface area contributed by atoms with Crippen LogP contribution in [0.5, 0.6) is 5.75 Å². The number of nitrogens with zero attached hydrogens (tertiary/aromatic N) is 1. The fraction of sp³-hybridized carbons (Fsp3) is 0.267. The Balaban J connectivity index is 0.00000264. The van der Waals surface area contributed by atoms with E-state index in [-0.39, 0.29) is 44.0 Å². The van der Waals surface area contributed by atoms with E-state index in [9.17, 15) is 13.6 Å². The van der Waals surface area contributed by atoms with Crippen LogP contribution in [0, 0.1) is 6.07 Å². The molecule has 8 heteroatoms. The van der Waals surface area contributed by atoms with Crippen LogP contribution in [0.2, 0.25) is 0 Å². The Morgan fingerprint density at radius 1 is 1.30 bits per heavy atom. The van der Waals surface area contributed by atoms with Gasteiger partial charge in [0.2, 0.25) is 5.56 Å². The van der Waals surface area contributed by atoms with Crippen molar-refractivity contribution in [3.8, 4) is 17.0 Å². The zero-order chi connectivity index (χ0) is 16.1. The molecule has 0 aliphatic heterocycles. The molecule has 0 atom stereocenters. The molecule has 0 saturated carbocycles. The van der Waals surface area contributed by atoms with Gasteiger partial charge in [-0.2, -0.15) is 12.1 Å². The van der Waals surface area contributed by atoms with E-state index in [1.807, 2.05) is 0 Å². The molecule has 0 N–H and O–H groups in total. The van der Waals surface area contributed by atoms with Gasteiger partial charge in [0.05, 0.1) is 6.54 Å². The number of hydrogen-bond acceptors (Lipinski definition) is 3. The third-order valence-electron chi connectivity index (χ3n) is 2.85. The molecule has 0 aliphatic carbocycles. The first-order valence-electron chi connectivity index (χ1n) is 6.34. The van der Waals surface area contributed by atoms with Crippen LogP contribution in [0.3, 0.4) is 0 Å². The summed E-state index contributed by atoms with van der Waals surface area (Å²) in [5.74, 6) is 0.575. The van der Waals surface area contributed by atoms with Crippen LogP contribution in [0.15, 0.2) is 39.6 Å². The van der Waals surface area contributed by atoms with Crippen molar-refractivity contribution in [2.45, 2.75) is 13.0 Å². The van der Waals surface area contributed by atoms with E-state index < -0.39 is 18.5 Å². The molecule has 0 bridgehead atoms. The molecule has 0 aliphatic rings. The van der Waals surface area contributed by atoms with E-state index in [1.165, 1.54) is 13.2 Å². The number of aromatic nitrogens is 1. The van der Waals surface area contributed by atoms with Crippen LogP contribution < -0.4 is 10.3 Å². The topological polar surface area (TPSA) is 40.5 Å². The van der Waals surface area contributed by atoms with Crippen LogP contribution in [-0.2, 0) is 44.0 Å². The maximum Gasteiger partial charge on any atom is 0.256 e. The Labute approximate surface area is 165 Å². The SMILES string of the molecule is COCOc1ccc(-c2[c-]cc(Br)c(=O)n2CC(F)F)cc1.[Y]. The van der Waals surface area contributed by atoms with Crippen LogP contribution in [0.4, 0.5) is 8.78 Å². The van der Waals surface area contributed by atoms with Gasteiger partial charge in [-0.05, 0) is 16.6 Å². The molecule has 0 fully saturated rings. The Morgan fingerprint density at radius 3 is 2.52 bits per heavy atom. The van der Waals surface area contributed by atoms with Gasteiger partial charge >= 0.3 is 0 Å². The second kappa shape index (κ2) is 9.62. The quantitative estimate of drug-likeness (QED) is 0.489. The van der Waals surface area contributed by atoms with Gasteiger partial charge in [-0.1, -0.05) is 11.3 Å². The predicted octanol–water partition coefficient (Wildman–Crippen LogP) is 3.32. The first kappa shape index (κ1) is 20.4.